The molecule has 4 N–H and O–H groups in total. The van der Waals surface area contributed by atoms with E-state index < -0.39 is 28.9 Å². The molecule has 164 valence electrons. The number of rotatable bonds is 8. The van der Waals surface area contributed by atoms with E-state index in [1.165, 1.54) is 49.6 Å². The molecule has 2 aromatic carbocycles. The highest BCUT2D eigenvalue weighted by Gasteiger charge is 2.13. The molecule has 0 aliphatic heterocycles. The molecule has 11 nitrogen and oxygen atoms in total. The van der Waals surface area contributed by atoms with Crippen molar-refractivity contribution in [1.29, 1.82) is 0 Å². The summed E-state index contributed by atoms with van der Waals surface area (Å²) in [5.41, 5.74) is 0.522. The van der Waals surface area contributed by atoms with Crippen LogP contribution in [0.5, 0.6) is 5.75 Å². The zero-order valence-corrected chi connectivity index (χ0v) is 16.2. The molecule has 0 aliphatic rings. The first-order valence-electron chi connectivity index (χ1n) is 8.50. The van der Waals surface area contributed by atoms with Crippen LogP contribution in [0.1, 0.15) is 27.6 Å². The SMILES string of the molecule is COc1ccc(CC(=O)O)c(C(=O)O)c1.O=C(O)C=CC(O)c1ccc([N+](=O)[O-])cc1. The molecule has 0 radical (unpaired) electrons. The lowest BCUT2D eigenvalue weighted by Gasteiger charge is -2.06. The van der Waals surface area contributed by atoms with Gasteiger partial charge >= 0.3 is 17.9 Å². The van der Waals surface area contributed by atoms with Gasteiger partial charge in [-0.2, -0.15) is 0 Å². The molecule has 1 unspecified atom stereocenters. The Morgan fingerprint density at radius 3 is 2.16 bits per heavy atom. The summed E-state index contributed by atoms with van der Waals surface area (Å²) in [6.07, 6.45) is 0.498. The fourth-order valence-corrected chi connectivity index (χ4v) is 2.28. The summed E-state index contributed by atoms with van der Waals surface area (Å²) in [6, 6.07) is 9.51. The predicted octanol–water partition coefficient (Wildman–Crippen LogP) is 2.29. The lowest BCUT2D eigenvalue weighted by molar-refractivity contribution is -0.384. The van der Waals surface area contributed by atoms with Crippen molar-refractivity contribution < 1.29 is 44.5 Å². The summed E-state index contributed by atoms with van der Waals surface area (Å²) in [5.74, 6) is -3.00. The number of carbonyl (C=O) groups is 3. The highest BCUT2D eigenvalue weighted by molar-refractivity contribution is 5.91. The van der Waals surface area contributed by atoms with Gasteiger partial charge in [0, 0.05) is 18.2 Å². The van der Waals surface area contributed by atoms with E-state index in [0.29, 0.717) is 11.3 Å². The second-order valence-electron chi connectivity index (χ2n) is 5.89. The van der Waals surface area contributed by atoms with E-state index in [1.54, 1.807) is 0 Å². The maximum Gasteiger partial charge on any atom is 0.336 e. The monoisotopic (exact) mass is 433 g/mol. The Bertz CT molecular complexity index is 982. The molecule has 0 heterocycles. The first kappa shape index (κ1) is 24.8. The molecule has 0 bridgehead atoms. The van der Waals surface area contributed by atoms with Crippen LogP contribution in [0.15, 0.2) is 54.6 Å². The van der Waals surface area contributed by atoms with Crippen molar-refractivity contribution in [3.63, 3.8) is 0 Å². The lowest BCUT2D eigenvalue weighted by atomic mass is 10.0. The van der Waals surface area contributed by atoms with Gasteiger partial charge in [0.2, 0.25) is 0 Å². The summed E-state index contributed by atoms with van der Waals surface area (Å²) in [7, 11) is 1.41. The number of carboxylic acid groups (broad SMARTS) is 3. The van der Waals surface area contributed by atoms with Gasteiger partial charge in [-0.15, -0.1) is 0 Å². The van der Waals surface area contributed by atoms with Gasteiger partial charge in [0.25, 0.3) is 5.69 Å². The van der Waals surface area contributed by atoms with Crippen LogP contribution in [0.2, 0.25) is 0 Å². The largest absolute Gasteiger partial charge is 0.497 e. The minimum Gasteiger partial charge on any atom is -0.497 e. The standard InChI is InChI=1S/C10H9NO5.C10H10O5/c12-9(5-6-10(13)14)7-1-3-8(4-2-7)11(15)16;1-15-7-3-2-6(4-9(11)12)8(5-7)10(13)14/h1-6,9,12H,(H,13,14);2-3,5H,4H2,1H3,(H,11,12)(H,13,14). The highest BCUT2D eigenvalue weighted by atomic mass is 16.6. The number of non-ortho nitro benzene ring substituents is 1. The quantitative estimate of drug-likeness (QED) is 0.273. The Labute approximate surface area is 175 Å². The van der Waals surface area contributed by atoms with E-state index in [2.05, 4.69) is 0 Å². The molecule has 0 aliphatic carbocycles. The van der Waals surface area contributed by atoms with Crippen molar-refractivity contribution in [3.8, 4) is 5.75 Å². The number of nitro groups is 1. The van der Waals surface area contributed by atoms with Crippen molar-refractivity contribution in [2.24, 2.45) is 0 Å². The third kappa shape index (κ3) is 8.33. The number of aliphatic carboxylic acids is 2. The van der Waals surface area contributed by atoms with Crippen molar-refractivity contribution in [2.45, 2.75) is 12.5 Å². The molecule has 0 fully saturated rings. The van der Waals surface area contributed by atoms with E-state index in [4.69, 9.17) is 20.1 Å². The summed E-state index contributed by atoms with van der Waals surface area (Å²) in [4.78, 5) is 41.3. The first-order chi connectivity index (χ1) is 14.5. The number of aliphatic hydroxyl groups is 1. The normalized spacial score (nSPS) is 11.2. The van der Waals surface area contributed by atoms with Gasteiger partial charge in [0.15, 0.2) is 0 Å². The maximum absolute atomic E-state index is 10.8. The lowest BCUT2D eigenvalue weighted by Crippen LogP contribution is -2.08. The Balaban J connectivity index is 0.000000311. The number of hydrogen-bond acceptors (Lipinski definition) is 7. The van der Waals surface area contributed by atoms with Crippen LogP contribution in [0.25, 0.3) is 0 Å². The number of nitrogens with zero attached hydrogens (tertiary/aromatic N) is 1. The van der Waals surface area contributed by atoms with E-state index in [9.17, 15) is 29.6 Å². The Kier molecular flexibility index (Phi) is 9.34. The van der Waals surface area contributed by atoms with Crippen LogP contribution < -0.4 is 4.74 Å². The van der Waals surface area contributed by atoms with Gasteiger partial charge in [0.1, 0.15) is 5.75 Å². The van der Waals surface area contributed by atoms with Crippen LogP contribution in [-0.2, 0) is 16.0 Å². The smallest absolute Gasteiger partial charge is 0.336 e. The molecule has 0 amide bonds. The molecule has 0 saturated carbocycles. The molecule has 2 rings (SSSR count). The minimum absolute atomic E-state index is 0.0447. The first-order valence-corrected chi connectivity index (χ1v) is 8.50. The van der Waals surface area contributed by atoms with Gasteiger partial charge in [-0.05, 0) is 41.5 Å². The number of ether oxygens (including phenoxy) is 1. The summed E-state index contributed by atoms with van der Waals surface area (Å²) in [5, 5.41) is 45.6. The topological polar surface area (TPSA) is 184 Å². The third-order valence-electron chi connectivity index (χ3n) is 3.76. The van der Waals surface area contributed by atoms with Crippen LogP contribution in [0.4, 0.5) is 5.69 Å². The molecule has 11 heteroatoms. The molecular formula is C20H19NO10. The van der Waals surface area contributed by atoms with E-state index in [0.717, 1.165) is 12.2 Å². The minimum atomic E-state index is -1.17. The summed E-state index contributed by atoms with van der Waals surface area (Å²) >= 11 is 0. The van der Waals surface area contributed by atoms with E-state index in [-0.39, 0.29) is 23.2 Å². The summed E-state index contributed by atoms with van der Waals surface area (Å²) in [6.45, 7) is 0. The van der Waals surface area contributed by atoms with Crippen LogP contribution >= 0.6 is 0 Å². The van der Waals surface area contributed by atoms with Crippen molar-refractivity contribution >= 4 is 23.6 Å². The second kappa shape index (κ2) is 11.7. The Morgan fingerprint density at radius 2 is 1.71 bits per heavy atom. The zero-order chi connectivity index (χ0) is 23.6. The number of hydrogen-bond donors (Lipinski definition) is 4. The Hall–Kier alpha value is -4.25. The third-order valence-corrected chi connectivity index (χ3v) is 3.76. The highest BCUT2D eigenvalue weighted by Crippen LogP contribution is 2.19. The molecule has 1 atom stereocenters. The number of nitro benzene ring substituents is 1. The number of aliphatic hydroxyl groups excluding tert-OH is 1. The fraction of sp³-hybridized carbons (Fsp3) is 0.150. The second-order valence-corrected chi connectivity index (χ2v) is 5.89. The molecule has 31 heavy (non-hydrogen) atoms. The van der Waals surface area contributed by atoms with Crippen molar-refractivity contribution in [3.05, 3.63) is 81.4 Å². The Morgan fingerprint density at radius 1 is 1.10 bits per heavy atom. The van der Waals surface area contributed by atoms with Gasteiger partial charge in [-0.25, -0.2) is 9.59 Å². The van der Waals surface area contributed by atoms with Crippen molar-refractivity contribution in [1.82, 2.24) is 0 Å². The summed E-state index contributed by atoms with van der Waals surface area (Å²) < 4.78 is 4.85. The fourth-order valence-electron chi connectivity index (χ4n) is 2.28. The predicted molar refractivity (Wildman–Crippen MR) is 106 cm³/mol. The zero-order valence-electron chi connectivity index (χ0n) is 16.2. The molecule has 2 aromatic rings. The van der Waals surface area contributed by atoms with Gasteiger partial charge in [-0.3, -0.25) is 14.9 Å². The average Bonchev–Trinajstić information content (AvgIpc) is 2.72. The average molecular weight is 433 g/mol. The maximum atomic E-state index is 10.8. The van der Waals surface area contributed by atoms with E-state index >= 15 is 0 Å². The van der Waals surface area contributed by atoms with Crippen LogP contribution in [0.3, 0.4) is 0 Å². The molecule has 0 saturated heterocycles. The molecular weight excluding hydrogens is 414 g/mol. The molecule has 0 aromatic heterocycles. The number of aromatic carboxylic acids is 1. The number of methoxy groups -OCH3 is 1. The van der Waals surface area contributed by atoms with Crippen LogP contribution in [-0.4, -0.2) is 50.4 Å². The number of benzene rings is 2. The molecule has 0 spiro atoms. The van der Waals surface area contributed by atoms with Crippen molar-refractivity contribution in [2.75, 3.05) is 7.11 Å². The van der Waals surface area contributed by atoms with Crippen LogP contribution in [0, 0.1) is 10.1 Å². The van der Waals surface area contributed by atoms with Gasteiger partial charge in [0.05, 0.1) is 30.1 Å². The van der Waals surface area contributed by atoms with Gasteiger partial charge in [-0.1, -0.05) is 6.07 Å². The number of carboxylic acids is 3. The van der Waals surface area contributed by atoms with E-state index in [1.807, 2.05) is 0 Å². The van der Waals surface area contributed by atoms with Gasteiger partial charge < -0.3 is 25.2 Å².